The van der Waals surface area contributed by atoms with Gasteiger partial charge in [0.1, 0.15) is 0 Å². The second kappa shape index (κ2) is 5.63. The second-order valence-electron chi connectivity index (χ2n) is 4.75. The number of carbonyl (C=O) groups excluding carboxylic acids is 1. The summed E-state index contributed by atoms with van der Waals surface area (Å²) in [7, 11) is 0. The first-order chi connectivity index (χ1) is 10.3. The molecule has 0 fully saturated rings. The van der Waals surface area contributed by atoms with Crippen LogP contribution in [0.5, 0.6) is 0 Å². The average Bonchev–Trinajstić information content (AvgIpc) is 3.01. The number of nitrogens with one attached hydrogen (secondary N) is 2. The fourth-order valence-electron chi connectivity index (χ4n) is 2.21. The Bertz CT molecular complexity index is 803. The van der Waals surface area contributed by atoms with E-state index in [2.05, 4.69) is 15.5 Å². The molecule has 0 saturated heterocycles. The van der Waals surface area contributed by atoms with Crippen LogP contribution in [0.2, 0.25) is 0 Å². The predicted octanol–water partition coefficient (Wildman–Crippen LogP) is 3.32. The average molecular weight is 277 g/mol. The van der Waals surface area contributed by atoms with E-state index in [4.69, 9.17) is 0 Å². The number of fused-ring (bicyclic) bond motifs is 1. The molecule has 2 N–H and O–H groups in total. The van der Waals surface area contributed by atoms with Crippen molar-refractivity contribution in [2.75, 3.05) is 0 Å². The van der Waals surface area contributed by atoms with E-state index in [0.717, 1.165) is 22.2 Å². The van der Waals surface area contributed by atoms with E-state index in [1.54, 1.807) is 6.07 Å². The zero-order chi connectivity index (χ0) is 14.7. The summed E-state index contributed by atoms with van der Waals surface area (Å²) in [5.74, 6) is -0.224. The van der Waals surface area contributed by atoms with Crippen molar-refractivity contribution in [2.45, 2.75) is 6.92 Å². The molecule has 0 aliphatic rings. The third-order valence-electron chi connectivity index (χ3n) is 3.35. The molecular weight excluding hydrogens is 262 g/mol. The number of aromatic nitrogens is 1. The number of amides is 1. The van der Waals surface area contributed by atoms with Gasteiger partial charge in [-0.25, -0.2) is 5.43 Å². The van der Waals surface area contributed by atoms with E-state index in [9.17, 15) is 4.79 Å². The first kappa shape index (κ1) is 13.1. The number of hydrazone groups is 1. The Morgan fingerprint density at radius 2 is 1.86 bits per heavy atom. The summed E-state index contributed by atoms with van der Waals surface area (Å²) in [5.41, 5.74) is 5.76. The van der Waals surface area contributed by atoms with E-state index in [1.807, 2.05) is 61.7 Å². The molecular formula is C17H15N3O. The zero-order valence-corrected chi connectivity index (χ0v) is 11.6. The van der Waals surface area contributed by atoms with E-state index in [-0.39, 0.29) is 5.91 Å². The monoisotopic (exact) mass is 277 g/mol. The first-order valence-corrected chi connectivity index (χ1v) is 6.72. The van der Waals surface area contributed by atoms with Gasteiger partial charge in [0.2, 0.25) is 0 Å². The van der Waals surface area contributed by atoms with Gasteiger partial charge in [0, 0.05) is 11.6 Å². The van der Waals surface area contributed by atoms with Crippen molar-refractivity contribution in [3.05, 3.63) is 71.9 Å². The Labute approximate surface area is 122 Å². The second-order valence-corrected chi connectivity index (χ2v) is 4.75. The number of hydrogen-bond donors (Lipinski definition) is 2. The summed E-state index contributed by atoms with van der Waals surface area (Å²) in [6.07, 6.45) is 1.82. The number of para-hydroxylation sites is 1. The maximum absolute atomic E-state index is 12.3. The number of rotatable bonds is 3. The topological polar surface area (TPSA) is 57.2 Å². The van der Waals surface area contributed by atoms with Crippen LogP contribution in [-0.2, 0) is 0 Å². The number of benzene rings is 2. The van der Waals surface area contributed by atoms with Crippen LogP contribution < -0.4 is 5.43 Å². The van der Waals surface area contributed by atoms with Gasteiger partial charge in [-0.05, 0) is 24.6 Å². The molecule has 21 heavy (non-hydrogen) atoms. The lowest BCUT2D eigenvalue weighted by molar-refractivity contribution is 0.0956. The lowest BCUT2D eigenvalue weighted by atomic mass is 10.1. The molecule has 1 heterocycles. The molecule has 104 valence electrons. The standard InChI is InChI=1S/C17H15N3O/c1-12(13-6-3-2-4-7-13)19-20-17(21)15-9-5-8-14-10-11-18-16(14)15/h2-11,18H,1H3,(H,20,21). The van der Waals surface area contributed by atoms with Gasteiger partial charge < -0.3 is 4.98 Å². The zero-order valence-electron chi connectivity index (χ0n) is 11.6. The molecule has 0 unspecified atom stereocenters. The largest absolute Gasteiger partial charge is 0.361 e. The Hall–Kier alpha value is -2.88. The molecule has 1 aromatic heterocycles. The van der Waals surface area contributed by atoms with Gasteiger partial charge in [0.05, 0.1) is 16.8 Å². The highest BCUT2D eigenvalue weighted by atomic mass is 16.2. The minimum Gasteiger partial charge on any atom is -0.361 e. The summed E-state index contributed by atoms with van der Waals surface area (Å²) in [6.45, 7) is 1.87. The molecule has 0 aliphatic heterocycles. The molecule has 2 aromatic carbocycles. The van der Waals surface area contributed by atoms with Gasteiger partial charge in [-0.1, -0.05) is 42.5 Å². The van der Waals surface area contributed by atoms with Crippen LogP contribution in [0.1, 0.15) is 22.8 Å². The van der Waals surface area contributed by atoms with Crippen LogP contribution in [0.3, 0.4) is 0 Å². The molecule has 0 atom stereocenters. The third-order valence-corrected chi connectivity index (χ3v) is 3.35. The molecule has 4 heteroatoms. The van der Waals surface area contributed by atoms with Crippen molar-refractivity contribution in [3.63, 3.8) is 0 Å². The summed E-state index contributed by atoms with van der Waals surface area (Å²) >= 11 is 0. The van der Waals surface area contributed by atoms with Crippen molar-refractivity contribution < 1.29 is 4.79 Å². The number of hydrogen-bond acceptors (Lipinski definition) is 2. The smallest absolute Gasteiger partial charge is 0.273 e. The number of nitrogens with zero attached hydrogens (tertiary/aromatic N) is 1. The molecule has 0 aliphatic carbocycles. The molecule has 0 saturated carbocycles. The van der Waals surface area contributed by atoms with Crippen LogP contribution in [0.4, 0.5) is 0 Å². The first-order valence-electron chi connectivity index (χ1n) is 6.72. The molecule has 1 amide bonds. The molecule has 0 bridgehead atoms. The number of aromatic amines is 1. The van der Waals surface area contributed by atoms with Crippen LogP contribution in [0.15, 0.2) is 65.9 Å². The van der Waals surface area contributed by atoms with Gasteiger partial charge in [0.15, 0.2) is 0 Å². The van der Waals surface area contributed by atoms with Gasteiger partial charge in [-0.3, -0.25) is 4.79 Å². The van der Waals surface area contributed by atoms with Crippen LogP contribution >= 0.6 is 0 Å². The fraction of sp³-hybridized carbons (Fsp3) is 0.0588. The minimum atomic E-state index is -0.224. The van der Waals surface area contributed by atoms with Gasteiger partial charge in [0.25, 0.3) is 5.91 Å². The van der Waals surface area contributed by atoms with Crippen LogP contribution in [0, 0.1) is 0 Å². The van der Waals surface area contributed by atoms with Crippen molar-refractivity contribution in [3.8, 4) is 0 Å². The Morgan fingerprint density at radius 3 is 2.67 bits per heavy atom. The van der Waals surface area contributed by atoms with E-state index >= 15 is 0 Å². The number of carbonyl (C=O) groups is 1. The Morgan fingerprint density at radius 1 is 1.05 bits per heavy atom. The van der Waals surface area contributed by atoms with Crippen molar-refractivity contribution in [1.29, 1.82) is 0 Å². The maximum atomic E-state index is 12.3. The normalized spacial score (nSPS) is 11.6. The van der Waals surface area contributed by atoms with Crippen molar-refractivity contribution >= 4 is 22.5 Å². The van der Waals surface area contributed by atoms with E-state index in [0.29, 0.717) is 5.56 Å². The SMILES string of the molecule is CC(=NNC(=O)c1cccc2cc[nH]c12)c1ccccc1. The lowest BCUT2D eigenvalue weighted by Gasteiger charge is -2.04. The summed E-state index contributed by atoms with van der Waals surface area (Å²) in [6, 6.07) is 17.3. The molecule has 0 radical (unpaired) electrons. The summed E-state index contributed by atoms with van der Waals surface area (Å²) in [4.78, 5) is 15.3. The summed E-state index contributed by atoms with van der Waals surface area (Å²) in [5, 5.41) is 5.17. The van der Waals surface area contributed by atoms with Crippen LogP contribution in [0.25, 0.3) is 10.9 Å². The van der Waals surface area contributed by atoms with Crippen molar-refractivity contribution in [2.24, 2.45) is 5.10 Å². The highest BCUT2D eigenvalue weighted by molar-refractivity contribution is 6.06. The highest BCUT2D eigenvalue weighted by Gasteiger charge is 2.10. The minimum absolute atomic E-state index is 0.224. The Kier molecular flexibility index (Phi) is 3.51. The summed E-state index contributed by atoms with van der Waals surface area (Å²) < 4.78 is 0. The molecule has 4 nitrogen and oxygen atoms in total. The van der Waals surface area contributed by atoms with Gasteiger partial charge in [-0.2, -0.15) is 5.10 Å². The predicted molar refractivity (Wildman–Crippen MR) is 84.4 cm³/mol. The highest BCUT2D eigenvalue weighted by Crippen LogP contribution is 2.16. The Balaban J connectivity index is 1.82. The van der Waals surface area contributed by atoms with E-state index < -0.39 is 0 Å². The maximum Gasteiger partial charge on any atom is 0.273 e. The third kappa shape index (κ3) is 2.69. The molecule has 3 aromatic rings. The van der Waals surface area contributed by atoms with Gasteiger partial charge in [-0.15, -0.1) is 0 Å². The quantitative estimate of drug-likeness (QED) is 0.560. The lowest BCUT2D eigenvalue weighted by Crippen LogP contribution is -2.19. The molecule has 0 spiro atoms. The van der Waals surface area contributed by atoms with Gasteiger partial charge >= 0.3 is 0 Å². The van der Waals surface area contributed by atoms with E-state index in [1.165, 1.54) is 0 Å². The van der Waals surface area contributed by atoms with Crippen molar-refractivity contribution in [1.82, 2.24) is 10.4 Å². The van der Waals surface area contributed by atoms with Crippen LogP contribution in [-0.4, -0.2) is 16.6 Å². The molecule has 3 rings (SSSR count). The number of H-pyrrole nitrogens is 1. The fourth-order valence-corrected chi connectivity index (χ4v) is 2.21.